The van der Waals surface area contributed by atoms with Gasteiger partial charge in [-0.2, -0.15) is 0 Å². The summed E-state index contributed by atoms with van der Waals surface area (Å²) in [6.07, 6.45) is 1.18. The molecule has 0 spiro atoms. The molecule has 0 unspecified atom stereocenters. The Morgan fingerprint density at radius 3 is 2.29 bits per heavy atom. The van der Waals surface area contributed by atoms with Gasteiger partial charge in [-0.1, -0.05) is 39.7 Å². The number of hydrogen-bond acceptors (Lipinski definition) is 5. The van der Waals surface area contributed by atoms with Gasteiger partial charge in [0.15, 0.2) is 9.84 Å². The van der Waals surface area contributed by atoms with Gasteiger partial charge in [0, 0.05) is 26.7 Å². The number of allylic oxidation sites excluding steroid dienone is 1. The predicted molar refractivity (Wildman–Crippen MR) is 125 cm³/mol. The van der Waals surface area contributed by atoms with E-state index in [-0.39, 0.29) is 16.9 Å². The fourth-order valence-electron chi connectivity index (χ4n) is 2.83. The lowest BCUT2D eigenvalue weighted by Gasteiger charge is -2.11. The molecular formula is C23H18BrClO5S. The van der Waals surface area contributed by atoms with Gasteiger partial charge in [0.25, 0.3) is 0 Å². The SMILES string of the molecule is COc1ccc(C=C(C(=O)c2ccc(Br)cc2)S(=O)(=O)Cc2ccc(Cl)cc2)c(O)c1. The summed E-state index contributed by atoms with van der Waals surface area (Å²) in [5, 5.41) is 10.8. The van der Waals surface area contributed by atoms with Crippen molar-refractivity contribution in [2.75, 3.05) is 7.11 Å². The van der Waals surface area contributed by atoms with Gasteiger partial charge in [0.2, 0.25) is 5.78 Å². The molecule has 0 aliphatic heterocycles. The van der Waals surface area contributed by atoms with E-state index in [1.54, 1.807) is 42.5 Å². The number of hydrogen-bond donors (Lipinski definition) is 1. The Labute approximate surface area is 194 Å². The van der Waals surface area contributed by atoms with E-state index in [9.17, 15) is 18.3 Å². The molecule has 0 radical (unpaired) electrons. The highest BCUT2D eigenvalue weighted by Crippen LogP contribution is 2.29. The summed E-state index contributed by atoms with van der Waals surface area (Å²) in [5.41, 5.74) is 0.876. The first-order valence-corrected chi connectivity index (χ1v) is 11.9. The first kappa shape index (κ1) is 23.1. The maximum atomic E-state index is 13.3. The molecule has 0 aliphatic rings. The lowest BCUT2D eigenvalue weighted by atomic mass is 10.1. The number of ether oxygens (including phenoxy) is 1. The van der Waals surface area contributed by atoms with Gasteiger partial charge in [-0.25, -0.2) is 8.42 Å². The maximum absolute atomic E-state index is 13.3. The highest BCUT2D eigenvalue weighted by molar-refractivity contribution is 9.10. The van der Waals surface area contributed by atoms with Gasteiger partial charge in [-0.15, -0.1) is 0 Å². The molecule has 0 saturated carbocycles. The molecule has 0 fully saturated rings. The minimum absolute atomic E-state index is 0.181. The zero-order chi connectivity index (χ0) is 22.6. The van der Waals surface area contributed by atoms with Crippen LogP contribution in [0.5, 0.6) is 11.5 Å². The van der Waals surface area contributed by atoms with Gasteiger partial charge in [0.1, 0.15) is 16.4 Å². The summed E-state index contributed by atoms with van der Waals surface area (Å²) < 4.78 is 32.3. The Morgan fingerprint density at radius 2 is 1.71 bits per heavy atom. The van der Waals surface area contributed by atoms with Crippen molar-refractivity contribution in [2.24, 2.45) is 0 Å². The molecule has 31 heavy (non-hydrogen) atoms. The quantitative estimate of drug-likeness (QED) is 0.321. The van der Waals surface area contributed by atoms with Gasteiger partial charge < -0.3 is 9.84 Å². The van der Waals surface area contributed by atoms with E-state index < -0.39 is 26.3 Å². The standard InChI is InChI=1S/C23H18BrClO5S/c1-30-20-11-6-17(21(26)13-20)12-22(23(27)16-4-7-18(24)8-5-16)31(28,29)14-15-2-9-19(25)10-3-15/h2-13,26H,14H2,1H3. The van der Waals surface area contributed by atoms with Crippen LogP contribution in [-0.2, 0) is 15.6 Å². The van der Waals surface area contributed by atoms with E-state index in [4.69, 9.17) is 16.3 Å². The highest BCUT2D eigenvalue weighted by atomic mass is 79.9. The number of sulfone groups is 1. The van der Waals surface area contributed by atoms with Crippen LogP contribution >= 0.6 is 27.5 Å². The molecule has 0 bridgehead atoms. The summed E-state index contributed by atoms with van der Waals surface area (Å²) in [4.78, 5) is 12.8. The molecule has 3 rings (SSSR count). The molecule has 0 atom stereocenters. The van der Waals surface area contributed by atoms with Crippen LogP contribution in [0.4, 0.5) is 0 Å². The summed E-state index contributed by atoms with van der Waals surface area (Å²) in [5.74, 6) is -0.867. The largest absolute Gasteiger partial charge is 0.507 e. The molecule has 3 aromatic rings. The zero-order valence-electron chi connectivity index (χ0n) is 16.4. The van der Waals surface area contributed by atoms with E-state index in [1.165, 1.54) is 37.5 Å². The molecule has 160 valence electrons. The van der Waals surface area contributed by atoms with Crippen LogP contribution in [0.1, 0.15) is 21.5 Å². The molecule has 8 heteroatoms. The van der Waals surface area contributed by atoms with Crippen LogP contribution < -0.4 is 4.74 Å². The number of rotatable bonds is 7. The van der Waals surface area contributed by atoms with Gasteiger partial charge >= 0.3 is 0 Å². The molecule has 0 saturated heterocycles. The highest BCUT2D eigenvalue weighted by Gasteiger charge is 2.27. The van der Waals surface area contributed by atoms with Crippen LogP contribution in [0.25, 0.3) is 6.08 Å². The Balaban J connectivity index is 2.10. The van der Waals surface area contributed by atoms with Crippen molar-refractivity contribution in [1.29, 1.82) is 0 Å². The first-order chi connectivity index (χ1) is 14.7. The van der Waals surface area contributed by atoms with Gasteiger partial charge in [0.05, 0.1) is 12.9 Å². The van der Waals surface area contributed by atoms with Crippen LogP contribution in [0, 0.1) is 0 Å². The summed E-state index contributed by atoms with van der Waals surface area (Å²) in [6.45, 7) is 0. The Bertz CT molecular complexity index is 1230. The summed E-state index contributed by atoms with van der Waals surface area (Å²) in [7, 11) is -2.61. The van der Waals surface area contributed by atoms with Crippen molar-refractivity contribution >= 4 is 49.2 Å². The second kappa shape index (κ2) is 9.68. The normalized spacial score (nSPS) is 11.9. The van der Waals surface area contributed by atoms with Crippen molar-refractivity contribution in [3.8, 4) is 11.5 Å². The second-order valence-corrected chi connectivity index (χ2v) is 9.97. The summed E-state index contributed by atoms with van der Waals surface area (Å²) in [6, 6.07) is 17.1. The van der Waals surface area contributed by atoms with Gasteiger partial charge in [-0.3, -0.25) is 4.79 Å². The molecule has 0 aromatic heterocycles. The number of carbonyl (C=O) groups excluding carboxylic acids is 1. The number of phenolic OH excluding ortho intramolecular Hbond substituents is 1. The number of carbonyl (C=O) groups is 1. The van der Waals surface area contributed by atoms with E-state index in [1.807, 2.05) is 0 Å². The number of phenols is 1. The van der Waals surface area contributed by atoms with Crippen molar-refractivity contribution in [3.05, 3.63) is 97.8 Å². The Hall–Kier alpha value is -2.61. The Morgan fingerprint density at radius 1 is 1.06 bits per heavy atom. The zero-order valence-corrected chi connectivity index (χ0v) is 19.5. The lowest BCUT2D eigenvalue weighted by molar-refractivity contribution is 0.104. The van der Waals surface area contributed by atoms with Crippen LogP contribution in [0.2, 0.25) is 5.02 Å². The average molecular weight is 522 g/mol. The maximum Gasteiger partial charge on any atom is 0.204 e. The lowest BCUT2D eigenvalue weighted by Crippen LogP contribution is -2.16. The van der Waals surface area contributed by atoms with E-state index >= 15 is 0 Å². The third-order valence-corrected chi connectivity index (χ3v) is 6.93. The third kappa shape index (κ3) is 5.76. The number of methoxy groups -OCH3 is 1. The predicted octanol–water partition coefficient (Wildman–Crippen LogP) is 5.66. The van der Waals surface area contributed by atoms with Crippen molar-refractivity contribution < 1.29 is 23.1 Å². The van der Waals surface area contributed by atoms with Crippen molar-refractivity contribution in [2.45, 2.75) is 5.75 Å². The molecule has 0 aliphatic carbocycles. The molecule has 5 nitrogen and oxygen atoms in total. The molecule has 0 amide bonds. The number of ketones is 1. The number of Topliss-reactive ketones (excluding diaryl/α,β-unsaturated/α-hetero) is 1. The fraction of sp³-hybridized carbons (Fsp3) is 0.0870. The monoisotopic (exact) mass is 520 g/mol. The topological polar surface area (TPSA) is 80.7 Å². The average Bonchev–Trinajstić information content (AvgIpc) is 2.74. The van der Waals surface area contributed by atoms with Crippen molar-refractivity contribution in [3.63, 3.8) is 0 Å². The summed E-state index contributed by atoms with van der Waals surface area (Å²) >= 11 is 9.18. The van der Waals surface area contributed by atoms with E-state index in [0.717, 1.165) is 4.47 Å². The number of aromatic hydroxyl groups is 1. The number of halogens is 2. The second-order valence-electron chi connectivity index (χ2n) is 6.65. The van der Waals surface area contributed by atoms with E-state index in [2.05, 4.69) is 15.9 Å². The Kier molecular flexibility index (Phi) is 7.20. The van der Waals surface area contributed by atoms with Crippen molar-refractivity contribution in [1.82, 2.24) is 0 Å². The smallest absolute Gasteiger partial charge is 0.204 e. The molecule has 1 N–H and O–H groups in total. The molecule has 0 heterocycles. The number of benzene rings is 3. The molecule has 3 aromatic carbocycles. The molecular weight excluding hydrogens is 504 g/mol. The van der Waals surface area contributed by atoms with Crippen LogP contribution in [-0.4, -0.2) is 26.4 Å². The fourth-order valence-corrected chi connectivity index (χ4v) is 4.72. The minimum atomic E-state index is -4.06. The van der Waals surface area contributed by atoms with E-state index in [0.29, 0.717) is 16.3 Å². The van der Waals surface area contributed by atoms with Crippen LogP contribution in [0.3, 0.4) is 0 Å². The minimum Gasteiger partial charge on any atom is -0.507 e. The van der Waals surface area contributed by atoms with Crippen LogP contribution in [0.15, 0.2) is 76.1 Å². The first-order valence-electron chi connectivity index (χ1n) is 9.06. The van der Waals surface area contributed by atoms with Gasteiger partial charge in [-0.05, 0) is 60.2 Å². The third-order valence-electron chi connectivity index (χ3n) is 4.46.